The van der Waals surface area contributed by atoms with Gasteiger partial charge in [-0.05, 0) is 36.8 Å². The van der Waals surface area contributed by atoms with Gasteiger partial charge in [0.2, 0.25) is 0 Å². The maximum Gasteiger partial charge on any atom is 0.416 e. The van der Waals surface area contributed by atoms with Crippen LogP contribution in [0.15, 0.2) is 30.3 Å². The largest absolute Gasteiger partial charge is 0.478 e. The average Bonchev–Trinajstić information content (AvgIpc) is 2.43. The number of aryl methyl sites for hydroxylation is 1. The standard InChI is InChI=1S/C15H10F5NO2/c1-7-4-10(16)11(17)6-13(7)21-12-3-2-8(15(18,19)20)5-9(12)14(22)23/h2-6,21H,1H3,(H,22,23). The van der Waals surface area contributed by atoms with Crippen LogP contribution in [0.1, 0.15) is 21.5 Å². The zero-order valence-electron chi connectivity index (χ0n) is 11.6. The van der Waals surface area contributed by atoms with E-state index in [0.717, 1.165) is 18.2 Å². The number of hydrogen-bond acceptors (Lipinski definition) is 2. The summed E-state index contributed by atoms with van der Waals surface area (Å²) >= 11 is 0. The number of alkyl halides is 3. The van der Waals surface area contributed by atoms with Crippen LogP contribution in [0.2, 0.25) is 0 Å². The third-order valence-corrected chi connectivity index (χ3v) is 3.11. The monoisotopic (exact) mass is 331 g/mol. The fourth-order valence-electron chi connectivity index (χ4n) is 1.93. The van der Waals surface area contributed by atoms with Gasteiger partial charge in [-0.15, -0.1) is 0 Å². The molecule has 23 heavy (non-hydrogen) atoms. The van der Waals surface area contributed by atoms with Crippen molar-refractivity contribution in [1.29, 1.82) is 0 Å². The Labute approximate surface area is 127 Å². The normalized spacial score (nSPS) is 11.4. The van der Waals surface area contributed by atoms with Gasteiger partial charge in [-0.25, -0.2) is 13.6 Å². The molecule has 2 rings (SSSR count). The van der Waals surface area contributed by atoms with Crippen LogP contribution in [0.25, 0.3) is 0 Å². The number of halogens is 5. The van der Waals surface area contributed by atoms with E-state index in [1.54, 1.807) is 0 Å². The predicted molar refractivity (Wildman–Crippen MR) is 72.8 cm³/mol. The molecule has 0 amide bonds. The zero-order valence-corrected chi connectivity index (χ0v) is 11.6. The number of carbonyl (C=O) groups is 1. The fourth-order valence-corrected chi connectivity index (χ4v) is 1.93. The van der Waals surface area contributed by atoms with E-state index in [0.29, 0.717) is 12.1 Å². The molecule has 0 fully saturated rings. The smallest absolute Gasteiger partial charge is 0.416 e. The van der Waals surface area contributed by atoms with Gasteiger partial charge in [0.05, 0.1) is 16.8 Å². The highest BCUT2D eigenvalue weighted by Crippen LogP contribution is 2.33. The molecule has 122 valence electrons. The summed E-state index contributed by atoms with van der Waals surface area (Å²) in [5.41, 5.74) is -1.61. The van der Waals surface area contributed by atoms with Crippen LogP contribution in [-0.4, -0.2) is 11.1 Å². The van der Waals surface area contributed by atoms with Gasteiger partial charge in [0.25, 0.3) is 0 Å². The van der Waals surface area contributed by atoms with Crippen molar-refractivity contribution >= 4 is 17.3 Å². The molecule has 2 N–H and O–H groups in total. The van der Waals surface area contributed by atoms with E-state index < -0.39 is 34.9 Å². The van der Waals surface area contributed by atoms with E-state index >= 15 is 0 Å². The predicted octanol–water partition coefficient (Wildman–Crippen LogP) is 4.73. The number of hydrogen-bond donors (Lipinski definition) is 2. The Morgan fingerprint density at radius 1 is 1.04 bits per heavy atom. The summed E-state index contributed by atoms with van der Waals surface area (Å²) in [5, 5.41) is 11.6. The van der Waals surface area contributed by atoms with Crippen molar-refractivity contribution in [3.8, 4) is 0 Å². The van der Waals surface area contributed by atoms with Crippen LogP contribution in [0.4, 0.5) is 33.3 Å². The second kappa shape index (κ2) is 5.86. The molecule has 0 aliphatic rings. The summed E-state index contributed by atoms with van der Waals surface area (Å²) in [6, 6.07) is 3.78. The maximum absolute atomic E-state index is 13.3. The van der Waals surface area contributed by atoms with Crippen molar-refractivity contribution in [3.05, 3.63) is 58.7 Å². The van der Waals surface area contributed by atoms with Crippen molar-refractivity contribution in [1.82, 2.24) is 0 Å². The molecule has 0 aliphatic carbocycles. The molecule has 0 heterocycles. The van der Waals surface area contributed by atoms with Gasteiger partial charge < -0.3 is 10.4 Å². The molecule has 0 atom stereocenters. The van der Waals surface area contributed by atoms with E-state index in [-0.39, 0.29) is 16.9 Å². The second-order valence-electron chi connectivity index (χ2n) is 4.77. The van der Waals surface area contributed by atoms with Gasteiger partial charge in [-0.2, -0.15) is 13.2 Å². The van der Waals surface area contributed by atoms with Gasteiger partial charge in [0, 0.05) is 11.8 Å². The molecule has 0 radical (unpaired) electrons. The number of rotatable bonds is 3. The molecule has 0 aromatic heterocycles. The SMILES string of the molecule is Cc1cc(F)c(F)cc1Nc1ccc(C(F)(F)F)cc1C(=O)O. The number of benzene rings is 2. The van der Waals surface area contributed by atoms with Gasteiger partial charge in [-0.1, -0.05) is 0 Å². The molecule has 3 nitrogen and oxygen atoms in total. The lowest BCUT2D eigenvalue weighted by molar-refractivity contribution is -0.137. The lowest BCUT2D eigenvalue weighted by Gasteiger charge is -2.14. The first-order valence-corrected chi connectivity index (χ1v) is 6.27. The minimum Gasteiger partial charge on any atom is -0.478 e. The van der Waals surface area contributed by atoms with Gasteiger partial charge in [0.1, 0.15) is 0 Å². The highest BCUT2D eigenvalue weighted by Gasteiger charge is 2.31. The maximum atomic E-state index is 13.3. The minimum atomic E-state index is -4.69. The van der Waals surface area contributed by atoms with E-state index in [9.17, 15) is 26.7 Å². The van der Waals surface area contributed by atoms with Crippen molar-refractivity contribution in [2.75, 3.05) is 5.32 Å². The third-order valence-electron chi connectivity index (χ3n) is 3.11. The fraction of sp³-hybridized carbons (Fsp3) is 0.133. The number of aromatic carboxylic acids is 1. The third kappa shape index (κ3) is 3.58. The molecular weight excluding hydrogens is 321 g/mol. The Bertz CT molecular complexity index is 771. The molecule has 0 bridgehead atoms. The van der Waals surface area contributed by atoms with E-state index in [1.165, 1.54) is 6.92 Å². The first-order chi connectivity index (χ1) is 10.6. The second-order valence-corrected chi connectivity index (χ2v) is 4.77. The van der Waals surface area contributed by atoms with Gasteiger partial charge >= 0.3 is 12.1 Å². The van der Waals surface area contributed by atoms with Crippen LogP contribution in [0.3, 0.4) is 0 Å². The summed E-state index contributed by atoms with van der Waals surface area (Å²) in [5.74, 6) is -3.83. The van der Waals surface area contributed by atoms with Crippen LogP contribution < -0.4 is 5.32 Å². The van der Waals surface area contributed by atoms with E-state index in [4.69, 9.17) is 5.11 Å². The summed E-state index contributed by atoms with van der Waals surface area (Å²) in [7, 11) is 0. The molecule has 0 spiro atoms. The zero-order chi connectivity index (χ0) is 17.4. The van der Waals surface area contributed by atoms with Crippen LogP contribution in [-0.2, 0) is 6.18 Å². The number of anilines is 2. The quantitative estimate of drug-likeness (QED) is 0.799. The molecular formula is C15H10F5NO2. The Hall–Kier alpha value is -2.64. The molecule has 8 heteroatoms. The number of carboxylic acid groups (broad SMARTS) is 1. The van der Waals surface area contributed by atoms with Crippen LogP contribution in [0, 0.1) is 18.6 Å². The molecule has 2 aromatic rings. The molecule has 0 saturated heterocycles. The van der Waals surface area contributed by atoms with Crippen molar-refractivity contribution in [2.24, 2.45) is 0 Å². The number of nitrogens with one attached hydrogen (secondary N) is 1. The van der Waals surface area contributed by atoms with E-state index in [2.05, 4.69) is 5.32 Å². The van der Waals surface area contributed by atoms with Crippen LogP contribution >= 0.6 is 0 Å². The summed E-state index contributed by atoms with van der Waals surface area (Å²) < 4.78 is 64.3. The Morgan fingerprint density at radius 2 is 1.65 bits per heavy atom. The first-order valence-electron chi connectivity index (χ1n) is 6.27. The lowest BCUT2D eigenvalue weighted by Crippen LogP contribution is -2.10. The summed E-state index contributed by atoms with van der Waals surface area (Å²) in [6.07, 6.45) is -4.69. The number of carboxylic acids is 1. The summed E-state index contributed by atoms with van der Waals surface area (Å²) in [6.45, 7) is 1.44. The highest BCUT2D eigenvalue weighted by atomic mass is 19.4. The average molecular weight is 331 g/mol. The highest BCUT2D eigenvalue weighted by molar-refractivity contribution is 5.95. The Balaban J connectivity index is 2.48. The molecule has 2 aromatic carbocycles. The Morgan fingerprint density at radius 3 is 2.22 bits per heavy atom. The first kappa shape index (κ1) is 16.7. The Kier molecular flexibility index (Phi) is 4.26. The molecule has 0 aliphatic heterocycles. The lowest BCUT2D eigenvalue weighted by atomic mass is 10.1. The van der Waals surface area contributed by atoms with Crippen molar-refractivity contribution in [2.45, 2.75) is 13.1 Å². The van der Waals surface area contributed by atoms with Crippen molar-refractivity contribution in [3.63, 3.8) is 0 Å². The van der Waals surface area contributed by atoms with Gasteiger partial charge in [0.15, 0.2) is 11.6 Å². The van der Waals surface area contributed by atoms with Crippen molar-refractivity contribution < 1.29 is 31.9 Å². The minimum absolute atomic E-state index is 0.0474. The van der Waals surface area contributed by atoms with E-state index in [1.807, 2.05) is 0 Å². The molecule has 0 saturated carbocycles. The van der Waals surface area contributed by atoms with Crippen LogP contribution in [0.5, 0.6) is 0 Å². The topological polar surface area (TPSA) is 49.3 Å². The summed E-state index contributed by atoms with van der Waals surface area (Å²) in [4.78, 5) is 11.2. The van der Waals surface area contributed by atoms with Gasteiger partial charge in [-0.3, -0.25) is 0 Å². The molecule has 0 unspecified atom stereocenters.